The van der Waals surface area contributed by atoms with Crippen LogP contribution in [0.3, 0.4) is 0 Å². The highest BCUT2D eigenvalue weighted by molar-refractivity contribution is 5.96. The van der Waals surface area contributed by atoms with Crippen LogP contribution >= 0.6 is 0 Å². The van der Waals surface area contributed by atoms with Gasteiger partial charge in [0.05, 0.1) is 24.1 Å². The predicted octanol–water partition coefficient (Wildman–Crippen LogP) is 4.91. The lowest BCUT2D eigenvalue weighted by molar-refractivity contribution is -0.137. The van der Waals surface area contributed by atoms with Crippen LogP contribution in [0.4, 0.5) is 18.9 Å². The molecule has 0 aliphatic carbocycles. The van der Waals surface area contributed by atoms with Crippen LogP contribution in [0, 0.1) is 0 Å². The molecule has 2 aromatic heterocycles. The fraction of sp³-hybridized carbons (Fsp3) is 0.0909. The third-order valence-electron chi connectivity index (χ3n) is 4.41. The number of nitrogens with one attached hydrogen (secondary N) is 1. The largest absolute Gasteiger partial charge is 0.508 e. The van der Waals surface area contributed by atoms with Crippen molar-refractivity contribution in [3.63, 3.8) is 0 Å². The first-order chi connectivity index (χ1) is 14.8. The molecule has 158 valence electrons. The highest BCUT2D eigenvalue weighted by Gasteiger charge is 2.33. The first kappa shape index (κ1) is 20.3. The number of phenols is 1. The molecule has 0 saturated heterocycles. The van der Waals surface area contributed by atoms with E-state index in [1.165, 1.54) is 48.7 Å². The molecular weight excluding hydrogens is 413 g/mol. The van der Waals surface area contributed by atoms with Crippen LogP contribution in [0.25, 0.3) is 11.0 Å². The number of nitrogens with zero attached hydrogens (tertiary/aromatic N) is 1. The Balaban J connectivity index is 1.85. The summed E-state index contributed by atoms with van der Waals surface area (Å²) in [6.45, 7) is 0.0675. The summed E-state index contributed by atoms with van der Waals surface area (Å²) in [4.78, 5) is 16.8. The fourth-order valence-corrected chi connectivity index (χ4v) is 2.95. The Bertz CT molecular complexity index is 1310. The molecule has 9 heteroatoms. The summed E-state index contributed by atoms with van der Waals surface area (Å²) in [6.07, 6.45) is -3.19. The molecular formula is C22H15F3N2O4. The summed E-state index contributed by atoms with van der Waals surface area (Å²) >= 11 is 0. The van der Waals surface area contributed by atoms with E-state index in [1.807, 2.05) is 0 Å². The summed E-state index contributed by atoms with van der Waals surface area (Å²) in [6, 6.07) is 13.7. The second kappa shape index (κ2) is 8.02. The van der Waals surface area contributed by atoms with Crippen molar-refractivity contribution in [1.29, 1.82) is 0 Å². The summed E-state index contributed by atoms with van der Waals surface area (Å²) in [5.74, 6) is -0.219. The molecule has 4 rings (SSSR count). The Kier molecular flexibility index (Phi) is 5.24. The number of rotatable bonds is 4. The van der Waals surface area contributed by atoms with Gasteiger partial charge in [0.25, 0.3) is 5.91 Å². The van der Waals surface area contributed by atoms with Crippen molar-refractivity contribution < 1.29 is 31.9 Å². The number of hydrogen-bond acceptors (Lipinski definition) is 5. The number of halogens is 3. The summed E-state index contributed by atoms with van der Waals surface area (Å²) in [5.41, 5.74) is -1.61. The van der Waals surface area contributed by atoms with Crippen LogP contribution in [-0.2, 0) is 12.7 Å². The second-order valence-corrected chi connectivity index (χ2v) is 6.58. The maximum Gasteiger partial charge on any atom is 0.418 e. The molecule has 0 saturated carbocycles. The maximum atomic E-state index is 13.4. The van der Waals surface area contributed by atoms with Gasteiger partial charge in [0.2, 0.25) is 5.55 Å². The Morgan fingerprint density at radius 2 is 1.87 bits per heavy atom. The summed E-state index contributed by atoms with van der Waals surface area (Å²) in [7, 11) is 0. The van der Waals surface area contributed by atoms with Gasteiger partial charge in [-0.15, -0.1) is 0 Å². The molecule has 0 spiro atoms. The Morgan fingerprint density at radius 3 is 2.61 bits per heavy atom. The maximum absolute atomic E-state index is 13.4. The zero-order valence-electron chi connectivity index (χ0n) is 15.8. The van der Waals surface area contributed by atoms with Gasteiger partial charge >= 0.3 is 6.18 Å². The van der Waals surface area contributed by atoms with Gasteiger partial charge in [0.1, 0.15) is 22.7 Å². The zero-order valence-corrected chi connectivity index (χ0v) is 15.8. The van der Waals surface area contributed by atoms with Gasteiger partial charge in [0.15, 0.2) is 0 Å². The van der Waals surface area contributed by atoms with Crippen LogP contribution in [0.5, 0.6) is 5.75 Å². The van der Waals surface area contributed by atoms with Crippen molar-refractivity contribution in [2.45, 2.75) is 12.7 Å². The lowest BCUT2D eigenvalue weighted by atomic mass is 10.1. The molecule has 0 aliphatic heterocycles. The van der Waals surface area contributed by atoms with Gasteiger partial charge < -0.3 is 19.3 Å². The summed E-state index contributed by atoms with van der Waals surface area (Å²) in [5, 5.41) is 12.8. The van der Waals surface area contributed by atoms with Crippen LogP contribution < -0.4 is 10.9 Å². The molecule has 0 aliphatic rings. The van der Waals surface area contributed by atoms with Crippen LogP contribution in [0.1, 0.15) is 21.7 Å². The minimum Gasteiger partial charge on any atom is -0.508 e. The average Bonchev–Trinajstić information content (AvgIpc) is 3.25. The number of carbonyl (C=O) groups excluding carboxylic acids is 1. The van der Waals surface area contributed by atoms with Crippen molar-refractivity contribution in [2.75, 3.05) is 0 Å². The SMILES string of the molecule is O=C(NCc1ccco1)c1cc2ccc(O)cc2oc1=Nc1ccccc1C(F)(F)F. The molecule has 4 aromatic rings. The monoisotopic (exact) mass is 428 g/mol. The van der Waals surface area contributed by atoms with E-state index in [9.17, 15) is 23.1 Å². The number of alkyl halides is 3. The topological polar surface area (TPSA) is 88.0 Å². The van der Waals surface area contributed by atoms with Gasteiger partial charge in [0, 0.05) is 11.5 Å². The predicted molar refractivity (Wildman–Crippen MR) is 104 cm³/mol. The van der Waals surface area contributed by atoms with E-state index in [1.54, 1.807) is 12.1 Å². The first-order valence-corrected chi connectivity index (χ1v) is 9.10. The van der Waals surface area contributed by atoms with Crippen LogP contribution in [0.2, 0.25) is 0 Å². The number of furan rings is 1. The average molecular weight is 428 g/mol. The lowest BCUT2D eigenvalue weighted by Gasteiger charge is -2.10. The van der Waals surface area contributed by atoms with E-state index in [2.05, 4.69) is 10.3 Å². The Morgan fingerprint density at radius 1 is 1.06 bits per heavy atom. The summed E-state index contributed by atoms with van der Waals surface area (Å²) < 4.78 is 50.9. The van der Waals surface area contributed by atoms with Crippen molar-refractivity contribution >= 4 is 22.6 Å². The van der Waals surface area contributed by atoms with Gasteiger partial charge in [-0.3, -0.25) is 4.79 Å². The van der Waals surface area contributed by atoms with E-state index < -0.39 is 23.3 Å². The van der Waals surface area contributed by atoms with Crippen molar-refractivity contribution in [3.8, 4) is 5.75 Å². The van der Waals surface area contributed by atoms with Crippen molar-refractivity contribution in [3.05, 3.63) is 89.4 Å². The minimum absolute atomic E-state index is 0.0675. The van der Waals surface area contributed by atoms with Gasteiger partial charge in [-0.25, -0.2) is 4.99 Å². The zero-order chi connectivity index (χ0) is 22.0. The van der Waals surface area contributed by atoms with Crippen LogP contribution in [0.15, 0.2) is 80.8 Å². The second-order valence-electron chi connectivity index (χ2n) is 6.58. The molecule has 1 amide bonds. The number of phenolic OH excluding ortho intramolecular Hbond substituents is 1. The van der Waals surface area contributed by atoms with E-state index in [0.717, 1.165) is 6.07 Å². The normalized spacial score (nSPS) is 12.3. The fourth-order valence-electron chi connectivity index (χ4n) is 2.95. The molecule has 0 unspecified atom stereocenters. The third kappa shape index (κ3) is 4.45. The van der Waals surface area contributed by atoms with Crippen LogP contribution in [-0.4, -0.2) is 11.0 Å². The Labute approximate surface area is 173 Å². The number of aromatic hydroxyl groups is 1. The number of fused-ring (bicyclic) bond motifs is 1. The smallest absolute Gasteiger partial charge is 0.418 e. The van der Waals surface area contributed by atoms with E-state index in [4.69, 9.17) is 8.83 Å². The lowest BCUT2D eigenvalue weighted by Crippen LogP contribution is -2.28. The van der Waals surface area contributed by atoms with E-state index in [-0.39, 0.29) is 29.0 Å². The van der Waals surface area contributed by atoms with Crippen molar-refractivity contribution in [2.24, 2.45) is 4.99 Å². The molecule has 0 bridgehead atoms. The standard InChI is InChI=1S/C22H15F3N2O4/c23-22(24,25)17-5-1-2-6-18(17)27-21-16(20(29)26-12-15-4-3-9-30-15)10-13-7-8-14(28)11-19(13)31-21/h1-11,28H,12H2,(H,26,29). The molecule has 0 atom stereocenters. The molecule has 0 fully saturated rings. The van der Waals surface area contributed by atoms with Crippen molar-refractivity contribution in [1.82, 2.24) is 5.32 Å². The quantitative estimate of drug-likeness (QED) is 0.483. The highest BCUT2D eigenvalue weighted by atomic mass is 19.4. The molecule has 2 N–H and O–H groups in total. The number of carbonyl (C=O) groups is 1. The first-order valence-electron chi connectivity index (χ1n) is 9.10. The number of benzene rings is 2. The third-order valence-corrected chi connectivity index (χ3v) is 4.41. The molecule has 0 radical (unpaired) electrons. The van der Waals surface area contributed by atoms with Gasteiger partial charge in [-0.05, 0) is 42.5 Å². The number of hydrogen-bond donors (Lipinski definition) is 2. The van der Waals surface area contributed by atoms with Gasteiger partial charge in [-0.1, -0.05) is 12.1 Å². The van der Waals surface area contributed by atoms with E-state index >= 15 is 0 Å². The Hall–Kier alpha value is -4.01. The molecule has 6 nitrogen and oxygen atoms in total. The number of amides is 1. The minimum atomic E-state index is -4.64. The number of para-hydroxylation sites is 1. The molecule has 31 heavy (non-hydrogen) atoms. The highest BCUT2D eigenvalue weighted by Crippen LogP contribution is 2.35. The van der Waals surface area contributed by atoms with E-state index in [0.29, 0.717) is 11.1 Å². The van der Waals surface area contributed by atoms with Gasteiger partial charge in [-0.2, -0.15) is 13.2 Å². The molecule has 2 aromatic carbocycles. The molecule has 2 heterocycles.